The fourth-order valence-corrected chi connectivity index (χ4v) is 2.94. The number of hydrogen-bond donors (Lipinski definition) is 1. The van der Waals surface area contributed by atoms with E-state index in [1.165, 1.54) is 35.3 Å². The molecule has 0 aromatic carbocycles. The molecule has 1 unspecified atom stereocenters. The fraction of sp³-hybridized carbons (Fsp3) is 0.556. The highest BCUT2D eigenvalue weighted by Crippen LogP contribution is 2.34. The van der Waals surface area contributed by atoms with Crippen molar-refractivity contribution in [3.8, 4) is 0 Å². The molecule has 1 aliphatic rings. The molecule has 2 heteroatoms. The molecule has 0 spiro atoms. The average molecular weight is 168 g/mol. The van der Waals surface area contributed by atoms with Crippen LogP contribution >= 0.6 is 11.3 Å². The van der Waals surface area contributed by atoms with Gasteiger partial charge in [-0.3, -0.25) is 0 Å². The van der Waals surface area contributed by atoms with Crippen LogP contribution in [0.3, 0.4) is 0 Å². The summed E-state index contributed by atoms with van der Waals surface area (Å²) in [6, 6.07) is 0. The largest absolute Gasteiger partial charge is 0.389 e. The van der Waals surface area contributed by atoms with Gasteiger partial charge in [-0.15, -0.1) is 11.3 Å². The summed E-state index contributed by atoms with van der Waals surface area (Å²) in [6.07, 6.45) is 3.42. The number of hydrogen-bond acceptors (Lipinski definition) is 2. The van der Waals surface area contributed by atoms with Crippen LogP contribution in [0.4, 0.5) is 0 Å². The number of fused-ring (bicyclic) bond motifs is 1. The van der Waals surface area contributed by atoms with Gasteiger partial charge < -0.3 is 5.11 Å². The number of aryl methyl sites for hydroxylation is 1. The summed E-state index contributed by atoms with van der Waals surface area (Å²) in [7, 11) is 0. The third-order valence-electron chi connectivity index (χ3n) is 2.29. The Hall–Kier alpha value is -0.340. The molecule has 1 nitrogen and oxygen atoms in total. The van der Waals surface area contributed by atoms with E-state index in [1.807, 2.05) is 6.92 Å². The molecule has 0 saturated carbocycles. The maximum absolute atomic E-state index is 9.38. The van der Waals surface area contributed by atoms with Gasteiger partial charge in [-0.25, -0.2) is 0 Å². The van der Waals surface area contributed by atoms with Crippen LogP contribution < -0.4 is 0 Å². The van der Waals surface area contributed by atoms with Gasteiger partial charge in [-0.2, -0.15) is 0 Å². The second-order valence-electron chi connectivity index (χ2n) is 3.12. The first-order chi connectivity index (χ1) is 5.29. The van der Waals surface area contributed by atoms with E-state index in [9.17, 15) is 5.11 Å². The van der Waals surface area contributed by atoms with E-state index in [0.717, 1.165) is 0 Å². The molecule has 1 atom stereocenters. The monoisotopic (exact) mass is 168 g/mol. The first-order valence-electron chi connectivity index (χ1n) is 4.06. The number of aliphatic hydroxyl groups is 1. The molecular formula is C9H12OS. The van der Waals surface area contributed by atoms with E-state index in [1.54, 1.807) is 11.3 Å². The smallest absolute Gasteiger partial charge is 0.0772 e. The van der Waals surface area contributed by atoms with E-state index in [0.29, 0.717) is 0 Å². The van der Waals surface area contributed by atoms with Gasteiger partial charge in [0.25, 0.3) is 0 Å². The fourth-order valence-electron chi connectivity index (χ4n) is 1.71. The zero-order valence-electron chi connectivity index (χ0n) is 6.63. The molecule has 1 aliphatic carbocycles. The highest BCUT2D eigenvalue weighted by Gasteiger charge is 2.18. The van der Waals surface area contributed by atoms with E-state index in [2.05, 4.69) is 5.38 Å². The van der Waals surface area contributed by atoms with Gasteiger partial charge in [0.15, 0.2) is 0 Å². The molecule has 1 aromatic rings. The Morgan fingerprint density at radius 2 is 2.36 bits per heavy atom. The predicted octanol–water partition coefficient (Wildman–Crippen LogP) is 2.29. The summed E-state index contributed by atoms with van der Waals surface area (Å²) in [5.74, 6) is 0. The third kappa shape index (κ3) is 1.10. The molecule has 0 fully saturated rings. The molecule has 0 amide bonds. The molecule has 11 heavy (non-hydrogen) atoms. The van der Waals surface area contributed by atoms with Crippen molar-refractivity contribution in [1.29, 1.82) is 0 Å². The normalized spacial score (nSPS) is 18.4. The van der Waals surface area contributed by atoms with E-state index in [4.69, 9.17) is 0 Å². The first-order valence-corrected chi connectivity index (χ1v) is 4.94. The highest BCUT2D eigenvalue weighted by molar-refractivity contribution is 7.10. The lowest BCUT2D eigenvalue weighted by atomic mass is 10.1. The lowest BCUT2D eigenvalue weighted by molar-refractivity contribution is 0.199. The van der Waals surface area contributed by atoms with Crippen molar-refractivity contribution in [2.75, 3.05) is 0 Å². The zero-order valence-corrected chi connectivity index (χ0v) is 7.45. The Morgan fingerprint density at radius 3 is 3.09 bits per heavy atom. The summed E-state index contributed by atoms with van der Waals surface area (Å²) in [5.41, 5.74) is 2.60. The van der Waals surface area contributed by atoms with Crippen LogP contribution in [0.1, 0.15) is 35.5 Å². The van der Waals surface area contributed by atoms with E-state index in [-0.39, 0.29) is 6.10 Å². The summed E-state index contributed by atoms with van der Waals surface area (Å²) >= 11 is 1.81. The Balaban J connectivity index is 2.42. The minimum atomic E-state index is -0.270. The Bertz CT molecular complexity index is 263. The second kappa shape index (κ2) is 2.61. The van der Waals surface area contributed by atoms with Crippen molar-refractivity contribution in [2.24, 2.45) is 0 Å². The molecule has 2 rings (SSSR count). The lowest BCUT2D eigenvalue weighted by Gasteiger charge is -2.02. The molecule has 1 N–H and O–H groups in total. The van der Waals surface area contributed by atoms with E-state index >= 15 is 0 Å². The maximum atomic E-state index is 9.38. The molecule has 60 valence electrons. The Morgan fingerprint density at radius 1 is 1.55 bits per heavy atom. The van der Waals surface area contributed by atoms with Crippen LogP contribution in [0.15, 0.2) is 5.38 Å². The van der Waals surface area contributed by atoms with E-state index < -0.39 is 0 Å². The average Bonchev–Trinajstić information content (AvgIpc) is 2.41. The zero-order chi connectivity index (χ0) is 7.84. The molecule has 0 saturated heterocycles. The molecule has 0 aliphatic heterocycles. The van der Waals surface area contributed by atoms with Crippen molar-refractivity contribution >= 4 is 11.3 Å². The predicted molar refractivity (Wildman–Crippen MR) is 47.0 cm³/mol. The standard InChI is InChI=1S/C9H12OS/c1-6(10)8-5-11-9-4-2-3-7(8)9/h5-6,10H,2-4H2,1H3. The number of thiophene rings is 1. The van der Waals surface area contributed by atoms with Gasteiger partial charge in [-0.1, -0.05) is 0 Å². The van der Waals surface area contributed by atoms with Crippen LogP contribution in [0.2, 0.25) is 0 Å². The third-order valence-corrected chi connectivity index (χ3v) is 3.40. The van der Waals surface area contributed by atoms with Crippen LogP contribution in [-0.4, -0.2) is 5.11 Å². The minimum Gasteiger partial charge on any atom is -0.389 e. The lowest BCUT2D eigenvalue weighted by Crippen LogP contribution is -1.92. The van der Waals surface area contributed by atoms with Gasteiger partial charge in [0.1, 0.15) is 0 Å². The molecule has 1 aromatic heterocycles. The van der Waals surface area contributed by atoms with Gasteiger partial charge >= 0.3 is 0 Å². The maximum Gasteiger partial charge on any atom is 0.0772 e. The van der Waals surface area contributed by atoms with Crippen LogP contribution in [0, 0.1) is 0 Å². The number of aliphatic hydroxyl groups excluding tert-OH is 1. The molecular weight excluding hydrogens is 156 g/mol. The van der Waals surface area contributed by atoms with Crippen molar-refractivity contribution < 1.29 is 5.11 Å². The highest BCUT2D eigenvalue weighted by atomic mass is 32.1. The Labute approximate surface area is 70.7 Å². The summed E-state index contributed by atoms with van der Waals surface area (Å²) < 4.78 is 0. The first kappa shape index (κ1) is 7.32. The molecule has 1 heterocycles. The van der Waals surface area contributed by atoms with Gasteiger partial charge in [-0.05, 0) is 42.7 Å². The Kier molecular flexibility index (Phi) is 1.74. The van der Waals surface area contributed by atoms with Crippen LogP contribution in [0.5, 0.6) is 0 Å². The molecule has 0 radical (unpaired) electrons. The summed E-state index contributed by atoms with van der Waals surface area (Å²) in [4.78, 5) is 1.50. The van der Waals surface area contributed by atoms with Gasteiger partial charge in [0.05, 0.1) is 6.10 Å². The molecule has 0 bridgehead atoms. The van der Waals surface area contributed by atoms with Gasteiger partial charge in [0, 0.05) is 4.88 Å². The van der Waals surface area contributed by atoms with Crippen molar-refractivity contribution in [2.45, 2.75) is 32.3 Å². The van der Waals surface area contributed by atoms with Gasteiger partial charge in [0.2, 0.25) is 0 Å². The SMILES string of the molecule is CC(O)c1csc2c1CCC2. The van der Waals surface area contributed by atoms with Crippen molar-refractivity contribution in [3.63, 3.8) is 0 Å². The summed E-state index contributed by atoms with van der Waals surface area (Å²) in [5, 5.41) is 11.5. The minimum absolute atomic E-state index is 0.270. The van der Waals surface area contributed by atoms with Crippen LogP contribution in [-0.2, 0) is 12.8 Å². The van der Waals surface area contributed by atoms with Crippen LogP contribution in [0.25, 0.3) is 0 Å². The second-order valence-corrected chi connectivity index (χ2v) is 4.09. The quantitative estimate of drug-likeness (QED) is 0.682. The summed E-state index contributed by atoms with van der Waals surface area (Å²) in [6.45, 7) is 1.85. The van der Waals surface area contributed by atoms with Crippen molar-refractivity contribution in [3.05, 3.63) is 21.4 Å². The van der Waals surface area contributed by atoms with Crippen molar-refractivity contribution in [1.82, 2.24) is 0 Å². The topological polar surface area (TPSA) is 20.2 Å². The number of rotatable bonds is 1.